The van der Waals surface area contributed by atoms with Crippen LogP contribution >= 0.6 is 0 Å². The van der Waals surface area contributed by atoms with Gasteiger partial charge in [0.15, 0.2) is 0 Å². The standard InChI is InChI=1S/C11H19N/c1-11-6-7-4-9(11)5-8(11)2-3-10(7)12/h7-10H,2-6,12H2,1H3/t7-,8?,9?,10?,11?/m1/s1. The second-order valence-corrected chi connectivity index (χ2v) is 5.58. The highest BCUT2D eigenvalue weighted by atomic mass is 14.7. The predicted octanol–water partition coefficient (Wildman–Crippen LogP) is 2.16. The smallest absolute Gasteiger partial charge is 0.00675 e. The van der Waals surface area contributed by atoms with E-state index in [-0.39, 0.29) is 0 Å². The number of hydrogen-bond donors (Lipinski definition) is 1. The van der Waals surface area contributed by atoms with Gasteiger partial charge in [0.1, 0.15) is 0 Å². The molecule has 4 unspecified atom stereocenters. The molecular formula is C11H19N. The van der Waals surface area contributed by atoms with E-state index < -0.39 is 0 Å². The van der Waals surface area contributed by atoms with Gasteiger partial charge in [0.2, 0.25) is 0 Å². The first-order valence-electron chi connectivity index (χ1n) is 5.46. The Morgan fingerprint density at radius 3 is 2.83 bits per heavy atom. The zero-order valence-electron chi connectivity index (χ0n) is 7.92. The van der Waals surface area contributed by atoms with E-state index in [9.17, 15) is 0 Å². The van der Waals surface area contributed by atoms with Crippen LogP contribution in [0.4, 0.5) is 0 Å². The van der Waals surface area contributed by atoms with Crippen LogP contribution in [0.1, 0.15) is 39.0 Å². The highest BCUT2D eigenvalue weighted by Gasteiger charge is 2.58. The zero-order chi connectivity index (χ0) is 8.34. The van der Waals surface area contributed by atoms with Crippen molar-refractivity contribution in [1.82, 2.24) is 0 Å². The summed E-state index contributed by atoms with van der Waals surface area (Å²) in [6, 6.07) is 0.541. The van der Waals surface area contributed by atoms with E-state index in [0.29, 0.717) is 6.04 Å². The fourth-order valence-electron chi connectivity index (χ4n) is 4.17. The highest BCUT2D eigenvalue weighted by Crippen LogP contribution is 2.66. The van der Waals surface area contributed by atoms with Crippen molar-refractivity contribution in [2.45, 2.75) is 45.1 Å². The number of nitrogens with two attached hydrogens (primary N) is 1. The Labute approximate surface area is 74.7 Å². The van der Waals surface area contributed by atoms with Crippen LogP contribution in [0.5, 0.6) is 0 Å². The van der Waals surface area contributed by atoms with Gasteiger partial charge in [-0.3, -0.25) is 0 Å². The number of hydrogen-bond acceptors (Lipinski definition) is 1. The molecule has 68 valence electrons. The minimum absolute atomic E-state index is 0.541. The molecule has 0 aromatic carbocycles. The van der Waals surface area contributed by atoms with Crippen LogP contribution in [0, 0.1) is 23.2 Å². The quantitative estimate of drug-likeness (QED) is 0.585. The molecule has 3 rings (SSSR count). The maximum absolute atomic E-state index is 6.16. The molecule has 0 aromatic heterocycles. The molecule has 1 heteroatoms. The first-order valence-corrected chi connectivity index (χ1v) is 5.46. The van der Waals surface area contributed by atoms with Crippen molar-refractivity contribution in [3.8, 4) is 0 Å². The molecule has 0 spiro atoms. The Bertz CT molecular complexity index is 213. The van der Waals surface area contributed by atoms with Gasteiger partial charge in [-0.2, -0.15) is 0 Å². The maximum atomic E-state index is 6.16. The average molecular weight is 165 g/mol. The highest BCUT2D eigenvalue weighted by molar-refractivity contribution is 5.09. The molecule has 0 radical (unpaired) electrons. The fraction of sp³-hybridized carbons (Fsp3) is 1.00. The van der Waals surface area contributed by atoms with Crippen molar-refractivity contribution in [1.29, 1.82) is 0 Å². The molecule has 0 heterocycles. The van der Waals surface area contributed by atoms with E-state index in [1.165, 1.54) is 32.1 Å². The third kappa shape index (κ3) is 0.693. The van der Waals surface area contributed by atoms with E-state index in [1.807, 2.05) is 0 Å². The van der Waals surface area contributed by atoms with Crippen LogP contribution in [0.25, 0.3) is 0 Å². The molecule has 5 atom stereocenters. The van der Waals surface area contributed by atoms with Crippen LogP contribution in [0.2, 0.25) is 0 Å². The zero-order valence-corrected chi connectivity index (χ0v) is 7.92. The third-order valence-corrected chi connectivity index (χ3v) is 5.18. The topological polar surface area (TPSA) is 26.0 Å². The summed E-state index contributed by atoms with van der Waals surface area (Å²) in [6.45, 7) is 2.52. The molecule has 3 fully saturated rings. The average Bonchev–Trinajstić information content (AvgIpc) is 2.22. The normalized spacial score (nSPS) is 62.5. The van der Waals surface area contributed by atoms with Gasteiger partial charge in [-0.25, -0.2) is 0 Å². The molecule has 3 aliphatic rings. The van der Waals surface area contributed by atoms with Crippen molar-refractivity contribution in [2.24, 2.45) is 28.9 Å². The summed E-state index contributed by atoms with van der Waals surface area (Å²) < 4.78 is 0. The van der Waals surface area contributed by atoms with Crippen molar-refractivity contribution >= 4 is 0 Å². The van der Waals surface area contributed by atoms with Gasteiger partial charge in [-0.15, -0.1) is 0 Å². The second kappa shape index (κ2) is 2.06. The third-order valence-electron chi connectivity index (χ3n) is 5.18. The first-order chi connectivity index (χ1) is 5.70. The lowest BCUT2D eigenvalue weighted by atomic mass is 9.54. The van der Waals surface area contributed by atoms with Gasteiger partial charge < -0.3 is 5.73 Å². The molecule has 0 aliphatic heterocycles. The van der Waals surface area contributed by atoms with Gasteiger partial charge >= 0.3 is 0 Å². The lowest BCUT2D eigenvalue weighted by Crippen LogP contribution is -2.43. The van der Waals surface area contributed by atoms with E-state index in [2.05, 4.69) is 6.92 Å². The summed E-state index contributed by atoms with van der Waals surface area (Å²) in [4.78, 5) is 0. The van der Waals surface area contributed by atoms with Gasteiger partial charge in [-0.1, -0.05) is 6.92 Å². The van der Waals surface area contributed by atoms with Gasteiger partial charge in [0.25, 0.3) is 0 Å². The van der Waals surface area contributed by atoms with Crippen LogP contribution in [-0.4, -0.2) is 6.04 Å². The summed E-state index contributed by atoms with van der Waals surface area (Å²) in [5, 5.41) is 0. The molecule has 0 aromatic rings. The molecule has 2 bridgehead atoms. The van der Waals surface area contributed by atoms with E-state index >= 15 is 0 Å². The molecule has 2 N–H and O–H groups in total. The molecule has 0 amide bonds. The van der Waals surface area contributed by atoms with Crippen molar-refractivity contribution in [3.63, 3.8) is 0 Å². The predicted molar refractivity (Wildman–Crippen MR) is 49.6 cm³/mol. The van der Waals surface area contributed by atoms with Crippen LogP contribution in [-0.2, 0) is 0 Å². The van der Waals surface area contributed by atoms with Crippen LogP contribution < -0.4 is 5.73 Å². The van der Waals surface area contributed by atoms with Crippen molar-refractivity contribution < 1.29 is 0 Å². The summed E-state index contributed by atoms with van der Waals surface area (Å²) in [5.41, 5.74) is 6.89. The Morgan fingerprint density at radius 2 is 2.00 bits per heavy atom. The van der Waals surface area contributed by atoms with E-state index in [1.54, 1.807) is 0 Å². The van der Waals surface area contributed by atoms with Crippen molar-refractivity contribution in [3.05, 3.63) is 0 Å². The maximum Gasteiger partial charge on any atom is 0.00675 e. The van der Waals surface area contributed by atoms with Gasteiger partial charge in [0, 0.05) is 6.04 Å². The van der Waals surface area contributed by atoms with E-state index in [4.69, 9.17) is 5.73 Å². The Hall–Kier alpha value is -0.0400. The molecule has 0 saturated heterocycles. The summed E-state index contributed by atoms with van der Waals surface area (Å²) in [7, 11) is 0. The molecule has 12 heavy (non-hydrogen) atoms. The second-order valence-electron chi connectivity index (χ2n) is 5.58. The van der Waals surface area contributed by atoms with Crippen LogP contribution in [0.3, 0.4) is 0 Å². The molecular weight excluding hydrogens is 146 g/mol. The fourth-order valence-corrected chi connectivity index (χ4v) is 4.17. The van der Waals surface area contributed by atoms with Crippen molar-refractivity contribution in [2.75, 3.05) is 0 Å². The Kier molecular flexibility index (Phi) is 1.27. The van der Waals surface area contributed by atoms with E-state index in [0.717, 1.165) is 23.2 Å². The molecule has 3 saturated carbocycles. The monoisotopic (exact) mass is 165 g/mol. The lowest BCUT2D eigenvalue weighted by molar-refractivity contribution is -0.0138. The Morgan fingerprint density at radius 1 is 1.17 bits per heavy atom. The largest absolute Gasteiger partial charge is 0.327 e. The first kappa shape index (κ1) is 7.37. The van der Waals surface area contributed by atoms with Gasteiger partial charge in [0.05, 0.1) is 0 Å². The summed E-state index contributed by atoms with van der Waals surface area (Å²) in [5.74, 6) is 2.98. The SMILES string of the molecule is CC12C[C@H]3CC1CC2CCC3N. The lowest BCUT2D eigenvalue weighted by Gasteiger charge is -2.51. The van der Waals surface area contributed by atoms with Gasteiger partial charge in [-0.05, 0) is 55.3 Å². The molecule has 3 aliphatic carbocycles. The minimum Gasteiger partial charge on any atom is -0.327 e. The Balaban J connectivity index is 1.93. The minimum atomic E-state index is 0.541. The summed E-state index contributed by atoms with van der Waals surface area (Å²) in [6.07, 6.45) is 7.15. The molecule has 1 nitrogen and oxygen atoms in total. The number of rotatable bonds is 0. The summed E-state index contributed by atoms with van der Waals surface area (Å²) >= 11 is 0. The number of fused-ring (bicyclic) bond motifs is 1. The van der Waals surface area contributed by atoms with Crippen LogP contribution in [0.15, 0.2) is 0 Å².